The monoisotopic (exact) mass is 413 g/mol. The molecule has 0 aliphatic heterocycles. The third-order valence-corrected chi connectivity index (χ3v) is 6.84. The molecule has 1 aliphatic carbocycles. The summed E-state index contributed by atoms with van der Waals surface area (Å²) in [7, 11) is -3.72. The molecule has 7 heteroatoms. The van der Waals surface area contributed by atoms with Gasteiger partial charge in [-0.2, -0.15) is 0 Å². The van der Waals surface area contributed by atoms with Gasteiger partial charge in [-0.15, -0.1) is 0 Å². The highest BCUT2D eigenvalue weighted by Gasteiger charge is 2.30. The topological polar surface area (TPSA) is 46.2 Å². The van der Waals surface area contributed by atoms with Gasteiger partial charge in [-0.3, -0.25) is 0 Å². The fraction of sp³-hybridized carbons (Fsp3) is 0.571. The predicted octanol–water partition coefficient (Wildman–Crippen LogP) is 5.00. The molecule has 0 amide bonds. The molecule has 2 unspecified atom stereocenters. The largest absolute Gasteiger partial charge is 0.243 e. The van der Waals surface area contributed by atoms with Crippen LogP contribution in [0.4, 0.5) is 0 Å². The minimum Gasteiger partial charge on any atom is -0.208 e. The summed E-state index contributed by atoms with van der Waals surface area (Å²) in [5.41, 5.74) is 0. The van der Waals surface area contributed by atoms with Gasteiger partial charge in [0.1, 0.15) is 4.90 Å². The van der Waals surface area contributed by atoms with Crippen LogP contribution in [0.1, 0.15) is 39.0 Å². The Balaban J connectivity index is 2.30. The lowest BCUT2D eigenvalue weighted by Crippen LogP contribution is -2.42. The van der Waals surface area contributed by atoms with Crippen molar-refractivity contribution in [3.63, 3.8) is 0 Å². The van der Waals surface area contributed by atoms with Gasteiger partial charge in [0.15, 0.2) is 0 Å². The summed E-state index contributed by atoms with van der Waals surface area (Å²) in [6, 6.07) is 3.05. The lowest BCUT2D eigenvalue weighted by atomic mass is 9.83. The molecule has 1 aromatic carbocycles. The minimum atomic E-state index is -3.72. The van der Waals surface area contributed by atoms with Crippen molar-refractivity contribution in [2.24, 2.45) is 5.92 Å². The Hall–Kier alpha value is 0.190. The molecule has 0 saturated heterocycles. The second-order valence-corrected chi connectivity index (χ2v) is 8.76. The van der Waals surface area contributed by atoms with E-state index < -0.39 is 10.0 Å². The van der Waals surface area contributed by atoms with E-state index in [9.17, 15) is 8.42 Å². The molecule has 0 radical (unpaired) electrons. The molecule has 0 bridgehead atoms. The van der Waals surface area contributed by atoms with Crippen LogP contribution < -0.4 is 4.72 Å². The van der Waals surface area contributed by atoms with E-state index >= 15 is 0 Å². The van der Waals surface area contributed by atoms with Gasteiger partial charge in [-0.25, -0.2) is 13.1 Å². The van der Waals surface area contributed by atoms with Gasteiger partial charge >= 0.3 is 0 Å². The fourth-order valence-corrected chi connectivity index (χ4v) is 6.17. The second-order valence-electron chi connectivity index (χ2n) is 5.38. The predicted molar refractivity (Wildman–Crippen MR) is 90.5 cm³/mol. The lowest BCUT2D eigenvalue weighted by Gasteiger charge is -2.31. The van der Waals surface area contributed by atoms with Gasteiger partial charge in [0.05, 0.1) is 10.0 Å². The third kappa shape index (κ3) is 4.14. The standard InChI is InChI=1S/C14H18BrCl2NO2S/c1-2-9-5-3-4-6-13(9)18-21(19,20)14-11(16)7-10(15)8-12(14)17/h7-9,13,18H,2-6H2,1H3. The SMILES string of the molecule is CCC1CCCCC1NS(=O)(=O)c1c(Cl)cc(Br)cc1Cl. The summed E-state index contributed by atoms with van der Waals surface area (Å²) in [5.74, 6) is 0.376. The summed E-state index contributed by atoms with van der Waals surface area (Å²) in [4.78, 5) is -0.0329. The quantitative estimate of drug-likeness (QED) is 0.752. The molecule has 21 heavy (non-hydrogen) atoms. The Labute approximate surface area is 144 Å². The molecule has 1 fully saturated rings. The van der Waals surface area contributed by atoms with Crippen molar-refractivity contribution in [1.29, 1.82) is 0 Å². The third-order valence-electron chi connectivity index (χ3n) is 3.97. The number of sulfonamides is 1. The average Bonchev–Trinajstić information content (AvgIpc) is 2.37. The number of benzene rings is 1. The number of hydrogen-bond donors (Lipinski definition) is 1. The van der Waals surface area contributed by atoms with Gasteiger partial charge in [-0.1, -0.05) is 65.3 Å². The van der Waals surface area contributed by atoms with Crippen LogP contribution in [0, 0.1) is 5.92 Å². The maximum Gasteiger partial charge on any atom is 0.243 e. The summed E-state index contributed by atoms with van der Waals surface area (Å²) in [5, 5.41) is 0.261. The van der Waals surface area contributed by atoms with Crippen molar-refractivity contribution in [3.8, 4) is 0 Å². The highest BCUT2D eigenvalue weighted by molar-refractivity contribution is 9.10. The molecule has 2 atom stereocenters. The number of hydrogen-bond acceptors (Lipinski definition) is 2. The van der Waals surface area contributed by atoms with Crippen LogP contribution >= 0.6 is 39.1 Å². The van der Waals surface area contributed by atoms with Crippen molar-refractivity contribution >= 4 is 49.2 Å². The molecular weight excluding hydrogens is 397 g/mol. The molecule has 2 rings (SSSR count). The Kier molecular flexibility index (Phi) is 5.99. The molecule has 1 aliphatic rings. The molecule has 0 heterocycles. The molecule has 1 saturated carbocycles. The van der Waals surface area contributed by atoms with Crippen molar-refractivity contribution in [2.45, 2.75) is 50.0 Å². The molecule has 3 nitrogen and oxygen atoms in total. The van der Waals surface area contributed by atoms with Crippen LogP contribution in [0.5, 0.6) is 0 Å². The van der Waals surface area contributed by atoms with E-state index in [4.69, 9.17) is 23.2 Å². The number of halogens is 3. The van der Waals surface area contributed by atoms with E-state index in [1.165, 1.54) is 0 Å². The lowest BCUT2D eigenvalue weighted by molar-refractivity contribution is 0.282. The van der Waals surface area contributed by atoms with Gasteiger partial charge in [-0.05, 0) is 30.9 Å². The first-order chi connectivity index (χ1) is 9.85. The zero-order chi connectivity index (χ0) is 15.6. The van der Waals surface area contributed by atoms with Crippen LogP contribution in [-0.2, 0) is 10.0 Å². The van der Waals surface area contributed by atoms with E-state index in [1.807, 2.05) is 0 Å². The second kappa shape index (κ2) is 7.18. The highest BCUT2D eigenvalue weighted by Crippen LogP contribution is 2.34. The van der Waals surface area contributed by atoms with Crippen LogP contribution in [0.15, 0.2) is 21.5 Å². The zero-order valence-corrected chi connectivity index (χ0v) is 15.6. The molecular formula is C14H18BrCl2NO2S. The highest BCUT2D eigenvalue weighted by atomic mass is 79.9. The van der Waals surface area contributed by atoms with E-state index in [0.717, 1.165) is 32.1 Å². The Morgan fingerprint density at radius 3 is 2.38 bits per heavy atom. The van der Waals surface area contributed by atoms with Crippen molar-refractivity contribution in [1.82, 2.24) is 4.72 Å². The van der Waals surface area contributed by atoms with Gasteiger partial charge in [0.25, 0.3) is 0 Å². The first-order valence-corrected chi connectivity index (χ1v) is 10.0. The summed E-state index contributed by atoms with van der Waals surface area (Å²) in [6.07, 6.45) is 5.10. The summed E-state index contributed by atoms with van der Waals surface area (Å²) < 4.78 is 28.7. The molecule has 118 valence electrons. The number of nitrogens with one attached hydrogen (secondary N) is 1. The number of rotatable bonds is 4. The molecule has 1 N–H and O–H groups in total. The van der Waals surface area contributed by atoms with Crippen molar-refractivity contribution in [2.75, 3.05) is 0 Å². The first-order valence-electron chi connectivity index (χ1n) is 7.02. The Morgan fingerprint density at radius 2 is 1.81 bits per heavy atom. The smallest absolute Gasteiger partial charge is 0.208 e. The van der Waals surface area contributed by atoms with E-state index in [-0.39, 0.29) is 21.0 Å². The van der Waals surface area contributed by atoms with E-state index in [1.54, 1.807) is 12.1 Å². The molecule has 0 spiro atoms. The van der Waals surface area contributed by atoms with Crippen molar-refractivity contribution in [3.05, 3.63) is 26.7 Å². The van der Waals surface area contributed by atoms with Crippen LogP contribution in [0.25, 0.3) is 0 Å². The van der Waals surface area contributed by atoms with E-state index in [2.05, 4.69) is 27.6 Å². The molecule has 1 aromatic rings. The summed E-state index contributed by atoms with van der Waals surface area (Å²) in [6.45, 7) is 2.09. The van der Waals surface area contributed by atoms with Crippen LogP contribution in [-0.4, -0.2) is 14.5 Å². The Bertz CT molecular complexity index is 598. The van der Waals surface area contributed by atoms with Gasteiger partial charge in [0, 0.05) is 10.5 Å². The van der Waals surface area contributed by atoms with Crippen LogP contribution in [0.3, 0.4) is 0 Å². The van der Waals surface area contributed by atoms with E-state index in [0.29, 0.717) is 10.4 Å². The Morgan fingerprint density at radius 1 is 1.24 bits per heavy atom. The zero-order valence-electron chi connectivity index (χ0n) is 11.7. The average molecular weight is 415 g/mol. The maximum absolute atomic E-state index is 12.6. The first kappa shape index (κ1) is 17.5. The summed E-state index contributed by atoms with van der Waals surface area (Å²) >= 11 is 15.4. The maximum atomic E-state index is 12.6. The minimum absolute atomic E-state index is 0.0329. The fourth-order valence-electron chi connectivity index (χ4n) is 2.90. The van der Waals surface area contributed by atoms with Gasteiger partial charge in [0.2, 0.25) is 10.0 Å². The normalized spacial score (nSPS) is 23.2. The van der Waals surface area contributed by atoms with Crippen LogP contribution in [0.2, 0.25) is 10.0 Å². The van der Waals surface area contributed by atoms with Gasteiger partial charge < -0.3 is 0 Å². The van der Waals surface area contributed by atoms with Crippen molar-refractivity contribution < 1.29 is 8.42 Å². The molecule has 0 aromatic heterocycles.